The first-order valence-electron chi connectivity index (χ1n) is 8.12. The number of aromatic amines is 1. The normalized spacial score (nSPS) is 12.4. The van der Waals surface area contributed by atoms with Crippen molar-refractivity contribution in [3.05, 3.63) is 47.3 Å². The maximum absolute atomic E-state index is 12.9. The number of nitrogens with zero attached hydrogens (tertiary/aromatic N) is 6. The quantitative estimate of drug-likeness (QED) is 0.623. The fraction of sp³-hybridized carbons (Fsp3) is 0.235. The first kappa shape index (κ1) is 18.8. The largest absolute Gasteiger partial charge is 0.368 e. The summed E-state index contributed by atoms with van der Waals surface area (Å²) in [5, 5.41) is 7.50. The summed E-state index contributed by atoms with van der Waals surface area (Å²) in [6, 6.07) is 6.19. The van der Waals surface area contributed by atoms with Crippen LogP contribution in [0.4, 0.5) is 16.3 Å². The molecule has 0 amide bonds. The minimum atomic E-state index is -0.268. The zero-order chi connectivity index (χ0) is 19.4. The summed E-state index contributed by atoms with van der Waals surface area (Å²) < 4.78 is 12.9. The molecule has 3 aromatic rings. The highest BCUT2D eigenvalue weighted by Crippen LogP contribution is 2.31. The van der Waals surface area contributed by atoms with Gasteiger partial charge in [-0.3, -0.25) is 5.10 Å². The highest BCUT2D eigenvalue weighted by atomic mass is 32.2. The molecule has 27 heavy (non-hydrogen) atoms. The third kappa shape index (κ3) is 5.00. The van der Waals surface area contributed by atoms with Gasteiger partial charge >= 0.3 is 0 Å². The molecule has 0 aliphatic carbocycles. The summed E-state index contributed by atoms with van der Waals surface area (Å²) in [7, 11) is 3.68. The van der Waals surface area contributed by atoms with E-state index in [0.29, 0.717) is 22.8 Å². The van der Waals surface area contributed by atoms with Crippen LogP contribution >= 0.6 is 11.8 Å². The first-order valence-corrected chi connectivity index (χ1v) is 9.00. The molecule has 0 fully saturated rings. The number of H-pyrrole nitrogens is 1. The van der Waals surface area contributed by atoms with Gasteiger partial charge in [-0.05, 0) is 30.7 Å². The molecular formula is C17H19FN8S. The van der Waals surface area contributed by atoms with Gasteiger partial charge in [0.05, 0.1) is 5.25 Å². The minimum Gasteiger partial charge on any atom is -0.368 e. The number of aromatic nitrogens is 6. The summed E-state index contributed by atoms with van der Waals surface area (Å²) in [6.45, 7) is 1.95. The van der Waals surface area contributed by atoms with Crippen LogP contribution in [0.15, 0.2) is 29.4 Å². The predicted molar refractivity (Wildman–Crippen MR) is 105 cm³/mol. The van der Waals surface area contributed by atoms with Crippen molar-refractivity contribution in [3.8, 4) is 0 Å². The lowest BCUT2D eigenvalue weighted by molar-refractivity contribution is 0.628. The topological polar surface area (TPSA) is 110 Å². The molecule has 0 aliphatic heterocycles. The number of hydrogen-bond acceptors (Lipinski definition) is 8. The molecule has 1 unspecified atom stereocenters. The molecule has 0 radical (unpaired) electrons. The third-order valence-electron chi connectivity index (χ3n) is 3.49. The second kappa shape index (κ2) is 8.12. The van der Waals surface area contributed by atoms with E-state index >= 15 is 0 Å². The third-order valence-corrected chi connectivity index (χ3v) is 4.45. The zero-order valence-electron chi connectivity index (χ0n) is 15.1. The monoisotopic (exact) mass is 386 g/mol. The molecule has 8 nitrogen and oxygen atoms in total. The van der Waals surface area contributed by atoms with Gasteiger partial charge in [0.1, 0.15) is 17.5 Å². The van der Waals surface area contributed by atoms with E-state index in [4.69, 9.17) is 5.73 Å². The molecule has 0 bridgehead atoms. The second-order valence-electron chi connectivity index (χ2n) is 5.89. The van der Waals surface area contributed by atoms with Crippen molar-refractivity contribution < 1.29 is 4.39 Å². The van der Waals surface area contributed by atoms with E-state index in [0.717, 1.165) is 5.56 Å². The Hall–Kier alpha value is -3.01. The van der Waals surface area contributed by atoms with E-state index < -0.39 is 0 Å². The fourth-order valence-electron chi connectivity index (χ4n) is 2.12. The molecule has 3 N–H and O–H groups in total. The highest BCUT2D eigenvalue weighted by molar-refractivity contribution is 7.99. The van der Waals surface area contributed by atoms with Gasteiger partial charge < -0.3 is 10.6 Å². The summed E-state index contributed by atoms with van der Waals surface area (Å²) >= 11 is 1.41. The summed E-state index contributed by atoms with van der Waals surface area (Å²) in [5.74, 6) is 1.57. The number of nitrogens with two attached hydrogens (primary N) is 1. The Morgan fingerprint density at radius 2 is 1.85 bits per heavy atom. The van der Waals surface area contributed by atoms with Gasteiger partial charge in [-0.1, -0.05) is 30.0 Å². The molecule has 140 valence electrons. The van der Waals surface area contributed by atoms with Gasteiger partial charge in [0, 0.05) is 14.1 Å². The van der Waals surface area contributed by atoms with Crippen molar-refractivity contribution >= 4 is 35.8 Å². The maximum atomic E-state index is 12.9. The lowest BCUT2D eigenvalue weighted by Crippen LogP contribution is -2.16. The Morgan fingerprint density at radius 1 is 1.11 bits per heavy atom. The Labute approximate surface area is 160 Å². The van der Waals surface area contributed by atoms with Crippen LogP contribution in [0.2, 0.25) is 0 Å². The Kier molecular flexibility index (Phi) is 5.65. The second-order valence-corrected chi connectivity index (χ2v) is 7.20. The van der Waals surface area contributed by atoms with E-state index in [9.17, 15) is 4.39 Å². The summed E-state index contributed by atoms with van der Waals surface area (Å²) in [6.07, 6.45) is 3.61. The number of halogens is 1. The fourth-order valence-corrected chi connectivity index (χ4v) is 2.90. The molecule has 2 aromatic heterocycles. The van der Waals surface area contributed by atoms with Crippen LogP contribution < -0.4 is 10.6 Å². The molecule has 10 heteroatoms. The van der Waals surface area contributed by atoms with Crippen molar-refractivity contribution in [1.82, 2.24) is 30.1 Å². The lowest BCUT2D eigenvalue weighted by Gasteiger charge is -2.13. The Bertz CT molecular complexity index is 938. The van der Waals surface area contributed by atoms with Gasteiger partial charge in [0.15, 0.2) is 0 Å². The number of hydrogen-bond donors (Lipinski definition) is 2. The van der Waals surface area contributed by atoms with Crippen molar-refractivity contribution in [2.75, 3.05) is 24.7 Å². The molecule has 1 atom stereocenters. The molecule has 1 aromatic carbocycles. The van der Waals surface area contributed by atoms with Crippen LogP contribution in [0.5, 0.6) is 0 Å². The number of nitrogen functional groups attached to an aromatic ring is 1. The molecule has 3 rings (SSSR count). The first-order chi connectivity index (χ1) is 12.9. The zero-order valence-corrected chi connectivity index (χ0v) is 15.9. The summed E-state index contributed by atoms with van der Waals surface area (Å²) in [4.78, 5) is 18.9. The summed E-state index contributed by atoms with van der Waals surface area (Å²) in [5.41, 5.74) is 6.64. The average Bonchev–Trinajstić information content (AvgIpc) is 3.08. The van der Waals surface area contributed by atoms with Gasteiger partial charge in [0.25, 0.3) is 0 Å². The Morgan fingerprint density at radius 3 is 2.56 bits per heavy atom. The maximum Gasteiger partial charge on any atom is 0.229 e. The number of anilines is 2. The number of rotatable bonds is 6. The van der Waals surface area contributed by atoms with Crippen LogP contribution in [-0.4, -0.2) is 44.2 Å². The van der Waals surface area contributed by atoms with Gasteiger partial charge in [-0.2, -0.15) is 15.0 Å². The molecule has 0 spiro atoms. The van der Waals surface area contributed by atoms with Crippen LogP contribution in [0.3, 0.4) is 0 Å². The molecule has 0 aliphatic rings. The van der Waals surface area contributed by atoms with Crippen molar-refractivity contribution in [2.24, 2.45) is 0 Å². The minimum absolute atomic E-state index is 0.112. The molecule has 2 heterocycles. The predicted octanol–water partition coefficient (Wildman–Crippen LogP) is 2.80. The van der Waals surface area contributed by atoms with Crippen molar-refractivity contribution in [1.29, 1.82) is 0 Å². The lowest BCUT2D eigenvalue weighted by atomic mass is 10.2. The number of thioether (sulfide) groups is 1. The van der Waals surface area contributed by atoms with E-state index in [1.165, 1.54) is 23.9 Å². The standard InChI is InChI=1S/C17H19FN8S/c1-10(14-21-15(19)23-16(22-14)26(2)3)27-17-20-13(24-25-17)9-6-11-4-7-12(18)8-5-11/h4-10H,1-3H3,(H,20,24,25)(H2,19,21,22,23). The van der Waals surface area contributed by atoms with Crippen LogP contribution in [-0.2, 0) is 0 Å². The molecule has 0 saturated heterocycles. The van der Waals surface area contributed by atoms with E-state index in [1.54, 1.807) is 23.1 Å². The van der Waals surface area contributed by atoms with Gasteiger partial charge in [-0.25, -0.2) is 9.37 Å². The van der Waals surface area contributed by atoms with E-state index in [1.807, 2.05) is 27.1 Å². The highest BCUT2D eigenvalue weighted by Gasteiger charge is 2.16. The van der Waals surface area contributed by atoms with Crippen LogP contribution in [0.1, 0.15) is 29.4 Å². The van der Waals surface area contributed by atoms with Gasteiger partial charge in [-0.15, -0.1) is 5.10 Å². The molecular weight excluding hydrogens is 367 g/mol. The number of nitrogens with one attached hydrogen (secondary N) is 1. The van der Waals surface area contributed by atoms with Crippen LogP contribution in [0, 0.1) is 5.82 Å². The average molecular weight is 386 g/mol. The van der Waals surface area contributed by atoms with E-state index in [2.05, 4.69) is 30.1 Å². The SMILES string of the molecule is CC(Sc1n[nH]c(C=Cc2ccc(F)cc2)n1)c1nc(N)nc(N(C)C)n1. The van der Waals surface area contributed by atoms with Crippen LogP contribution in [0.25, 0.3) is 12.2 Å². The smallest absolute Gasteiger partial charge is 0.229 e. The van der Waals surface area contributed by atoms with Gasteiger partial charge in [0.2, 0.25) is 17.1 Å². The van der Waals surface area contributed by atoms with Crippen molar-refractivity contribution in [3.63, 3.8) is 0 Å². The van der Waals surface area contributed by atoms with Crippen molar-refractivity contribution in [2.45, 2.75) is 17.3 Å². The molecule has 0 saturated carbocycles. The van der Waals surface area contributed by atoms with E-state index in [-0.39, 0.29) is 17.0 Å². The number of benzene rings is 1. The Balaban J connectivity index is 1.69.